The first-order valence-corrected chi connectivity index (χ1v) is 6.88. The first-order chi connectivity index (χ1) is 9.60. The van der Waals surface area contributed by atoms with Crippen LogP contribution in [0.5, 0.6) is 5.75 Å². The summed E-state index contributed by atoms with van der Waals surface area (Å²) < 4.78 is 18.4. The fraction of sp³-hybridized carbons (Fsp3) is 0.533. The van der Waals surface area contributed by atoms with Crippen molar-refractivity contribution in [1.82, 2.24) is 5.32 Å². The minimum Gasteiger partial charge on any atom is -0.494 e. The second kappa shape index (κ2) is 6.70. The zero-order valence-corrected chi connectivity index (χ0v) is 11.6. The number of ether oxygens (including phenoxy) is 1. The molecule has 1 fully saturated rings. The van der Waals surface area contributed by atoms with Crippen molar-refractivity contribution in [1.29, 1.82) is 0 Å². The molecule has 0 spiro atoms. The molecule has 20 heavy (non-hydrogen) atoms. The van der Waals surface area contributed by atoms with E-state index in [1.54, 1.807) is 6.07 Å². The summed E-state index contributed by atoms with van der Waals surface area (Å²) in [6.45, 7) is 0.587. The van der Waals surface area contributed by atoms with Gasteiger partial charge in [0.15, 0.2) is 11.6 Å². The van der Waals surface area contributed by atoms with Gasteiger partial charge in [0.1, 0.15) is 0 Å². The number of halogens is 1. The fourth-order valence-electron chi connectivity index (χ4n) is 2.63. The summed E-state index contributed by atoms with van der Waals surface area (Å²) in [5.74, 6) is -1.01. The van der Waals surface area contributed by atoms with E-state index in [2.05, 4.69) is 5.32 Å². The molecule has 0 aliphatic heterocycles. The van der Waals surface area contributed by atoms with Gasteiger partial charge in [-0.3, -0.25) is 4.79 Å². The molecule has 0 aromatic heterocycles. The topological polar surface area (TPSA) is 58.6 Å². The summed E-state index contributed by atoms with van der Waals surface area (Å²) in [5, 5.41) is 12.3. The highest BCUT2D eigenvalue weighted by atomic mass is 19.1. The summed E-state index contributed by atoms with van der Waals surface area (Å²) >= 11 is 0. The van der Waals surface area contributed by atoms with E-state index >= 15 is 0 Å². The van der Waals surface area contributed by atoms with Crippen LogP contribution in [0.15, 0.2) is 18.2 Å². The number of nitrogens with one attached hydrogen (secondary N) is 1. The van der Waals surface area contributed by atoms with E-state index in [-0.39, 0.29) is 17.5 Å². The van der Waals surface area contributed by atoms with Crippen LogP contribution in [-0.4, -0.2) is 24.2 Å². The standard InChI is InChI=1S/C15H20FNO3/c1-20-14-7-2-10(8-13(14)16)9-17-12-5-3-11(4-6-12)15(18)19/h2,7-8,11-12,17H,3-6,9H2,1H3,(H,18,19). The van der Waals surface area contributed by atoms with Gasteiger partial charge in [0.25, 0.3) is 0 Å². The van der Waals surface area contributed by atoms with Crippen LogP contribution in [-0.2, 0) is 11.3 Å². The number of carboxylic acid groups (broad SMARTS) is 1. The molecule has 0 unspecified atom stereocenters. The summed E-state index contributed by atoms with van der Waals surface area (Å²) in [4.78, 5) is 10.9. The number of methoxy groups -OCH3 is 1. The minimum atomic E-state index is -0.694. The van der Waals surface area contributed by atoms with Crippen molar-refractivity contribution in [3.8, 4) is 5.75 Å². The summed E-state index contributed by atoms with van der Waals surface area (Å²) in [7, 11) is 1.44. The van der Waals surface area contributed by atoms with Gasteiger partial charge in [-0.15, -0.1) is 0 Å². The zero-order valence-electron chi connectivity index (χ0n) is 11.6. The average molecular weight is 281 g/mol. The van der Waals surface area contributed by atoms with Crippen LogP contribution >= 0.6 is 0 Å². The monoisotopic (exact) mass is 281 g/mol. The number of hydrogen-bond donors (Lipinski definition) is 2. The van der Waals surface area contributed by atoms with Gasteiger partial charge >= 0.3 is 5.97 Å². The Bertz CT molecular complexity index is 470. The summed E-state index contributed by atoms with van der Waals surface area (Å²) in [5.41, 5.74) is 0.864. The van der Waals surface area contributed by atoms with Crippen molar-refractivity contribution in [2.75, 3.05) is 7.11 Å². The van der Waals surface area contributed by atoms with Crippen LogP contribution < -0.4 is 10.1 Å². The number of hydrogen-bond acceptors (Lipinski definition) is 3. The Hall–Kier alpha value is -1.62. The third-order valence-electron chi connectivity index (χ3n) is 3.89. The van der Waals surface area contributed by atoms with Crippen molar-refractivity contribution in [3.05, 3.63) is 29.6 Å². The normalized spacial score (nSPS) is 22.5. The molecular formula is C15H20FNO3. The van der Waals surface area contributed by atoms with Crippen molar-refractivity contribution < 1.29 is 19.0 Å². The number of benzene rings is 1. The molecule has 1 aliphatic rings. The van der Waals surface area contributed by atoms with Gasteiger partial charge in [-0.2, -0.15) is 0 Å². The van der Waals surface area contributed by atoms with Gasteiger partial charge in [0.05, 0.1) is 13.0 Å². The van der Waals surface area contributed by atoms with Gasteiger partial charge in [-0.25, -0.2) is 4.39 Å². The van der Waals surface area contributed by atoms with Gasteiger partial charge < -0.3 is 15.2 Å². The summed E-state index contributed by atoms with van der Waals surface area (Å²) in [6.07, 6.45) is 3.14. The first-order valence-electron chi connectivity index (χ1n) is 6.88. The predicted octanol–water partition coefficient (Wildman–Crippen LogP) is 2.57. The van der Waals surface area contributed by atoms with Crippen molar-refractivity contribution >= 4 is 5.97 Å². The van der Waals surface area contributed by atoms with E-state index in [0.29, 0.717) is 25.4 Å². The van der Waals surface area contributed by atoms with Crippen LogP contribution in [0.4, 0.5) is 4.39 Å². The second-order valence-corrected chi connectivity index (χ2v) is 5.24. The van der Waals surface area contributed by atoms with E-state index in [4.69, 9.17) is 9.84 Å². The molecule has 0 amide bonds. The largest absolute Gasteiger partial charge is 0.494 e. The molecular weight excluding hydrogens is 261 g/mol. The lowest BCUT2D eigenvalue weighted by molar-refractivity contribution is -0.142. The molecule has 1 aromatic rings. The first kappa shape index (κ1) is 14.8. The Morgan fingerprint density at radius 2 is 2.10 bits per heavy atom. The average Bonchev–Trinajstić information content (AvgIpc) is 2.45. The van der Waals surface area contributed by atoms with Crippen molar-refractivity contribution in [3.63, 3.8) is 0 Å². The quantitative estimate of drug-likeness (QED) is 0.871. The number of aliphatic carboxylic acids is 1. The van der Waals surface area contributed by atoms with Gasteiger partial charge in [0.2, 0.25) is 0 Å². The lowest BCUT2D eigenvalue weighted by Crippen LogP contribution is -2.34. The van der Waals surface area contributed by atoms with E-state index < -0.39 is 5.97 Å². The third-order valence-corrected chi connectivity index (χ3v) is 3.89. The van der Waals surface area contributed by atoms with Crippen LogP contribution in [0.3, 0.4) is 0 Å². The predicted molar refractivity (Wildman–Crippen MR) is 73.2 cm³/mol. The number of rotatable bonds is 5. The molecule has 4 nitrogen and oxygen atoms in total. The lowest BCUT2D eigenvalue weighted by Gasteiger charge is -2.27. The van der Waals surface area contributed by atoms with E-state index in [1.807, 2.05) is 6.07 Å². The molecule has 0 bridgehead atoms. The lowest BCUT2D eigenvalue weighted by atomic mass is 9.86. The van der Waals surface area contributed by atoms with Gasteiger partial charge in [-0.05, 0) is 43.4 Å². The maximum absolute atomic E-state index is 13.5. The Kier molecular flexibility index (Phi) is 4.95. The molecule has 0 radical (unpaired) electrons. The smallest absolute Gasteiger partial charge is 0.306 e. The third kappa shape index (κ3) is 3.70. The fourth-order valence-corrected chi connectivity index (χ4v) is 2.63. The SMILES string of the molecule is COc1ccc(CNC2CCC(C(=O)O)CC2)cc1F. The van der Waals surface area contributed by atoms with Crippen LogP contribution in [0.2, 0.25) is 0 Å². The second-order valence-electron chi connectivity index (χ2n) is 5.24. The molecule has 1 aliphatic carbocycles. The molecule has 2 N–H and O–H groups in total. The van der Waals surface area contributed by atoms with Crippen LogP contribution in [0.25, 0.3) is 0 Å². The van der Waals surface area contributed by atoms with Crippen LogP contribution in [0.1, 0.15) is 31.2 Å². The van der Waals surface area contributed by atoms with E-state index in [9.17, 15) is 9.18 Å². The molecule has 2 rings (SSSR count). The zero-order chi connectivity index (χ0) is 14.5. The van der Waals surface area contributed by atoms with E-state index in [0.717, 1.165) is 18.4 Å². The van der Waals surface area contributed by atoms with Crippen LogP contribution in [0, 0.1) is 11.7 Å². The maximum atomic E-state index is 13.5. The highest BCUT2D eigenvalue weighted by molar-refractivity contribution is 5.70. The minimum absolute atomic E-state index is 0.202. The molecule has 1 saturated carbocycles. The summed E-state index contributed by atoms with van der Waals surface area (Å²) in [6, 6.07) is 5.23. The Balaban J connectivity index is 1.81. The Morgan fingerprint density at radius 1 is 1.40 bits per heavy atom. The van der Waals surface area contributed by atoms with E-state index in [1.165, 1.54) is 13.2 Å². The highest BCUT2D eigenvalue weighted by Gasteiger charge is 2.25. The molecule has 0 saturated heterocycles. The van der Waals surface area contributed by atoms with Crippen molar-refractivity contribution in [2.45, 2.75) is 38.3 Å². The molecule has 1 aromatic carbocycles. The Labute approximate surface area is 117 Å². The molecule has 0 atom stereocenters. The Morgan fingerprint density at radius 3 is 2.65 bits per heavy atom. The number of carboxylic acids is 1. The van der Waals surface area contributed by atoms with Gasteiger partial charge in [-0.1, -0.05) is 6.07 Å². The molecule has 110 valence electrons. The van der Waals surface area contributed by atoms with Gasteiger partial charge in [0, 0.05) is 12.6 Å². The molecule has 5 heteroatoms. The molecule has 0 heterocycles. The number of carbonyl (C=O) groups is 1. The van der Waals surface area contributed by atoms with Crippen molar-refractivity contribution in [2.24, 2.45) is 5.92 Å². The highest BCUT2D eigenvalue weighted by Crippen LogP contribution is 2.25. The maximum Gasteiger partial charge on any atom is 0.306 e.